The summed E-state index contributed by atoms with van der Waals surface area (Å²) in [6.07, 6.45) is -24.8. The first kappa shape index (κ1) is 90.3. The number of ether oxygens (including phenoxy) is 7. The molecule has 0 aliphatic carbocycles. The molecule has 7 aliphatic heterocycles. The number of aliphatic hydroxyl groups is 6. The van der Waals surface area contributed by atoms with E-state index in [0.29, 0.717) is 5.69 Å². The van der Waals surface area contributed by atoms with Crippen LogP contribution in [-0.4, -0.2) is 213 Å². The number of benzene rings is 6. The Hall–Kier alpha value is -11.9. The molecule has 39 nitrogen and oxygen atoms in total. The molecule has 18 atom stereocenters. The zero-order chi connectivity index (χ0) is 89.3. The lowest BCUT2D eigenvalue weighted by atomic mass is 9.85. The third kappa shape index (κ3) is 20.4. The van der Waals surface area contributed by atoms with Gasteiger partial charge < -0.3 is 138 Å². The number of nitrogens with zero attached hydrogens (tertiary/aromatic N) is 2. The smallest absolute Gasteiger partial charge is 0.508 e. The lowest BCUT2D eigenvalue weighted by Crippen LogP contribution is -2.65. The summed E-state index contributed by atoms with van der Waals surface area (Å²) >= 11 is 14.3. The molecule has 0 radical (unpaired) electrons. The highest BCUT2D eigenvalue weighted by Crippen LogP contribution is 2.50. The number of carbonyl (C=O) groups excluding carboxylic acids is 8. The number of fused-ring (bicyclic) bond motifs is 15. The normalized spacial score (nSPS) is 26.3. The van der Waals surface area contributed by atoms with E-state index in [0.717, 1.165) is 84.9 Å². The van der Waals surface area contributed by atoms with Crippen molar-refractivity contribution in [1.82, 2.24) is 52.3 Å². The van der Waals surface area contributed by atoms with Gasteiger partial charge in [-0.05, 0) is 134 Å². The minimum atomic E-state index is -4.96. The third-order valence-electron chi connectivity index (χ3n) is 21.0. The van der Waals surface area contributed by atoms with Gasteiger partial charge in [0.1, 0.15) is 95.2 Å². The summed E-state index contributed by atoms with van der Waals surface area (Å²) in [5, 5.41) is 146. The van der Waals surface area contributed by atoms with Crippen molar-refractivity contribution in [2.45, 2.75) is 169 Å². The highest BCUT2D eigenvalue weighted by atomic mass is 35.5. The van der Waals surface area contributed by atoms with E-state index in [9.17, 15) is 93.0 Å². The predicted molar refractivity (Wildman–Crippen MR) is 421 cm³/mol. The maximum Gasteiger partial charge on any atom is 0.573 e. The number of carboxylic acids is 1. The van der Waals surface area contributed by atoms with Crippen molar-refractivity contribution in [2.75, 3.05) is 24.3 Å². The topological polar surface area (TPSA) is 585 Å². The molecule has 14 rings (SSSR count). The van der Waals surface area contributed by atoms with Crippen LogP contribution in [0.15, 0.2) is 109 Å². The number of hydrogen-bond donors (Lipinski definition) is 21. The predicted octanol–water partition coefficient (Wildman–Crippen LogP) is 3.21. The number of aliphatic hydroxyl groups excluding tert-OH is 6. The van der Waals surface area contributed by atoms with Gasteiger partial charge in [0.25, 0.3) is 0 Å². The molecule has 0 spiro atoms. The number of carbonyl (C=O) groups is 9. The van der Waals surface area contributed by atoms with E-state index in [1.807, 2.05) is 0 Å². The Kier molecular flexibility index (Phi) is 27.2. The Morgan fingerprint density at radius 2 is 1.35 bits per heavy atom. The largest absolute Gasteiger partial charge is 0.573 e. The number of urea groups is 1. The number of aryl methyl sites for hydroxylation is 1. The molecule has 2 unspecified atom stereocenters. The number of phenolic OH excluding ortho intramolecular Hbond substituents is 3. The number of aliphatic carboxylic acids is 1. The van der Waals surface area contributed by atoms with Crippen molar-refractivity contribution >= 4 is 88.1 Å². The number of alkyl halides is 3. The summed E-state index contributed by atoms with van der Waals surface area (Å²) in [4.78, 5) is 131. The number of nitrogens with two attached hydrogens (primary N) is 1. The summed E-state index contributed by atoms with van der Waals surface area (Å²) in [7, 11) is 2.99. The second-order valence-corrected chi connectivity index (χ2v) is 31.1. The number of likely N-dealkylation sites (N-methyl/N-ethyl adjacent to an activating group) is 1. The van der Waals surface area contributed by atoms with E-state index in [2.05, 4.69) is 63.0 Å². The molecule has 658 valence electrons. The molecular formula is C79H86Cl2F3N13O26. The average molecular weight is 1760 g/mol. The van der Waals surface area contributed by atoms with E-state index in [1.165, 1.54) is 50.0 Å². The lowest BCUT2D eigenvalue weighted by Gasteiger charge is -2.48. The zero-order valence-corrected chi connectivity index (χ0v) is 67.2. The van der Waals surface area contributed by atoms with Crippen LogP contribution >= 0.6 is 23.2 Å². The number of anilines is 2. The Morgan fingerprint density at radius 3 is 1.96 bits per heavy atom. The van der Waals surface area contributed by atoms with Crippen LogP contribution in [0.25, 0.3) is 11.1 Å². The van der Waals surface area contributed by atoms with Crippen LogP contribution in [0.5, 0.6) is 51.7 Å². The number of halogens is 5. The number of phenols is 3. The standard InChI is InChI=1S/C79H86Cl2F3N13O26/c1-30(2)17-44(86-5)69(108)94-60-62(103)33-8-15-48(42(80)19-33)118-50-21-35-22-51(66(50)122-76-67(65(106)64(105)52(29-98)120-76)121-55-27-78(4,68(107)31(3)117-55)87-28-37-23-54(96-97(37)6)90-77(116)88-36-10-12-39(13-11-36)123-79(82,83)84)119-49-16-9-34(20-43(49)81)63(104)61-74(113)93-59(75(114)115)41-24-38(99)25-47(101)56(41)40-18-32(7-14-46(40)100)57(71(110)95-61)92-72(111)58(35)91-70(109)45(26-53(85)102)89-73(60)112/h7-16,18-25,30-31,44-45,52,55,57-65,67-68,76,86-87,98-101,103-107H,17,26-29H2,1-6H3,(H2,85,102)(H,89,112)(H,91,109)(H,92,111)(H,93,113)(H,94,108)(H,95,110)(H,114,115)(H2,88,90,96,116)/t31-,44+,45?,52+,55-,57+,58?,59+,60+,61-,62+,63+,64+,65-,67+,68+,76-,78-/m0/s1. The first-order valence-corrected chi connectivity index (χ1v) is 38.7. The van der Waals surface area contributed by atoms with E-state index >= 15 is 14.4 Å². The van der Waals surface area contributed by atoms with Crippen LogP contribution < -0.4 is 77.8 Å². The highest BCUT2D eigenvalue weighted by Gasteiger charge is 2.53. The SMILES string of the molecule is CN[C@H](CC(C)C)C(=O)N[C@H]1C(=O)NC(CC(N)=O)C(=O)NC2C(=O)N[C@H]3C(=O)N[C@H](C(=O)N[C@@H](C(=O)O)c4cc(O)cc(O)c4-c4cc3ccc4O)[C@H](O)c3ccc(c(Cl)c3)Oc3cc2cc(c3O[C@@H]2O[C@H](CO)[C@@H](O)[C@H](O)[C@H]2O[C@H]2C[C@](C)(NCc3cc(NC(=O)Nc4ccc(OC(F)(F)F)cc4)nn3C)[C@H](O)[C@H](C)O2)Oc2ccc(cc2Cl)[C@H]1O. The number of aromatic nitrogens is 2. The number of amides is 9. The van der Waals surface area contributed by atoms with Gasteiger partial charge in [0.15, 0.2) is 35.8 Å². The van der Waals surface area contributed by atoms with Gasteiger partial charge in [0, 0.05) is 60.1 Å². The molecule has 7 aromatic rings. The van der Waals surface area contributed by atoms with Crippen molar-refractivity contribution in [2.24, 2.45) is 18.7 Å². The van der Waals surface area contributed by atoms with Gasteiger partial charge in [0.2, 0.25) is 53.4 Å². The number of carboxylic acid groups (broad SMARTS) is 1. The lowest BCUT2D eigenvalue weighted by molar-refractivity contribution is -0.334. The summed E-state index contributed by atoms with van der Waals surface area (Å²) in [6, 6.07) is 3.59. The van der Waals surface area contributed by atoms with Gasteiger partial charge in [-0.25, -0.2) is 9.59 Å². The Balaban J connectivity index is 0.994. The van der Waals surface area contributed by atoms with Gasteiger partial charge in [-0.15, -0.1) is 13.2 Å². The molecule has 44 heteroatoms. The minimum Gasteiger partial charge on any atom is -0.508 e. The second-order valence-electron chi connectivity index (χ2n) is 30.3. The molecular weight excluding hydrogens is 1670 g/mol. The maximum atomic E-state index is 16.2. The maximum absolute atomic E-state index is 16.2. The number of nitrogens with one attached hydrogen (secondary N) is 10. The zero-order valence-electron chi connectivity index (χ0n) is 65.7. The summed E-state index contributed by atoms with van der Waals surface area (Å²) in [5.74, 6) is -17.2. The Labute approximate surface area is 705 Å². The van der Waals surface area contributed by atoms with Crippen molar-refractivity contribution in [3.63, 3.8) is 0 Å². The van der Waals surface area contributed by atoms with Gasteiger partial charge in [-0.3, -0.25) is 43.6 Å². The molecule has 2 saturated heterocycles. The van der Waals surface area contributed by atoms with Gasteiger partial charge in [0.05, 0.1) is 47.0 Å². The second kappa shape index (κ2) is 37.0. The minimum absolute atomic E-state index is 0.00381. The summed E-state index contributed by atoms with van der Waals surface area (Å²) in [6.45, 7) is 5.50. The molecule has 6 aromatic carbocycles. The first-order chi connectivity index (χ1) is 58.1. The molecule has 7 aliphatic rings. The highest BCUT2D eigenvalue weighted by molar-refractivity contribution is 6.32. The van der Waals surface area contributed by atoms with Crippen LogP contribution in [0.2, 0.25) is 10.0 Å². The van der Waals surface area contributed by atoms with E-state index in [-0.39, 0.29) is 47.9 Å². The fourth-order valence-corrected chi connectivity index (χ4v) is 15.1. The van der Waals surface area contributed by atoms with Crippen molar-refractivity contribution < 1.29 is 141 Å². The number of rotatable bonds is 19. The Morgan fingerprint density at radius 1 is 0.724 bits per heavy atom. The molecule has 0 saturated carbocycles. The molecule has 11 bridgehead atoms. The molecule has 8 heterocycles. The van der Waals surface area contributed by atoms with Crippen molar-refractivity contribution in [3.8, 4) is 62.9 Å². The summed E-state index contributed by atoms with van der Waals surface area (Å²) in [5.41, 5.74) is 1.72. The molecule has 123 heavy (non-hydrogen) atoms. The van der Waals surface area contributed by atoms with E-state index in [4.69, 9.17) is 57.4 Å². The van der Waals surface area contributed by atoms with Crippen molar-refractivity contribution in [1.29, 1.82) is 0 Å². The monoisotopic (exact) mass is 1760 g/mol. The fraction of sp³-hybridized carbons (Fsp3) is 0.392. The molecule has 22 N–H and O–H groups in total. The summed E-state index contributed by atoms with van der Waals surface area (Å²) < 4.78 is 82.9. The van der Waals surface area contributed by atoms with Gasteiger partial charge in [-0.2, -0.15) is 5.10 Å². The molecule has 2 fully saturated rings. The van der Waals surface area contributed by atoms with Crippen LogP contribution in [0.3, 0.4) is 0 Å². The quantitative estimate of drug-likeness (QED) is 0.0552. The number of primary amides is 1. The van der Waals surface area contributed by atoms with Gasteiger partial charge in [-0.1, -0.05) is 55.2 Å². The van der Waals surface area contributed by atoms with E-state index < -0.39 is 272 Å². The fourth-order valence-electron chi connectivity index (χ4n) is 14.7. The van der Waals surface area contributed by atoms with Crippen LogP contribution in [0.1, 0.15) is 111 Å². The number of aromatic hydroxyl groups is 3. The van der Waals surface area contributed by atoms with Crippen LogP contribution in [-0.2, 0) is 66.2 Å². The molecule has 9 amide bonds. The number of hydrogen-bond acceptors (Lipinski definition) is 28. The average Bonchev–Trinajstić information content (AvgIpc) is 1.08. The molecule has 1 aromatic heterocycles. The Bertz CT molecular complexity index is 5230. The van der Waals surface area contributed by atoms with Gasteiger partial charge >= 0.3 is 18.4 Å². The van der Waals surface area contributed by atoms with Crippen molar-refractivity contribution in [3.05, 3.63) is 153 Å². The van der Waals surface area contributed by atoms with Crippen LogP contribution in [0.4, 0.5) is 29.5 Å². The van der Waals surface area contributed by atoms with E-state index in [1.54, 1.807) is 20.8 Å². The van der Waals surface area contributed by atoms with Crippen LogP contribution in [0, 0.1) is 5.92 Å². The third-order valence-corrected chi connectivity index (χ3v) is 21.6. The first-order valence-electron chi connectivity index (χ1n) is 38.0.